The highest BCUT2D eigenvalue weighted by Gasteiger charge is 2.43. The number of nitrogens with zero attached hydrogens (tertiary/aromatic N) is 1. The van der Waals surface area contributed by atoms with Crippen molar-refractivity contribution in [2.45, 2.75) is 127 Å². The van der Waals surface area contributed by atoms with E-state index in [9.17, 15) is 54.6 Å². The third kappa shape index (κ3) is 20.5. The number of alkyl carbamates (subject to hydrolysis) is 1. The molecule has 1 aromatic rings. The van der Waals surface area contributed by atoms with Gasteiger partial charge in [-0.15, -0.1) is 0 Å². The first-order valence-corrected chi connectivity index (χ1v) is 21.5. The molecule has 22 heteroatoms. The van der Waals surface area contributed by atoms with Crippen LogP contribution >= 0.6 is 0 Å². The Bertz CT molecular complexity index is 1520. The molecule has 0 radical (unpaired) electrons. The van der Waals surface area contributed by atoms with E-state index in [0.29, 0.717) is 58.2 Å². The molecule has 0 aromatic heterocycles. The highest BCUT2D eigenvalue weighted by molar-refractivity contribution is 5.84. The zero-order valence-corrected chi connectivity index (χ0v) is 36.1. The van der Waals surface area contributed by atoms with Gasteiger partial charge in [0.2, 0.25) is 23.6 Å². The standard InChI is InChI=1S/C41H68N6O16/c1-26-33(52)35(54)37(56)39(62-26)59-20-18-44-29(48)14-8-4-9-15-42-30(49)22-47(24-32(51)45-19-21-60-40-38(57)36(55)34(53)27(2)63-40)23-31(50)43-16-10-5-11-17-46-41(58)61-25-28-12-6-3-7-13-28/h3,6-7,12-13,26-27,33-40,52-57H,4-5,8-11,14-25H2,1-2H3,(H,42,49)(H,43,50)(H,44,48)(H,45,51)(H,46,58)/t26-,27-,33+,34+,35+,36+,37-,38-,39+,40+/m0/s1. The molecule has 2 saturated heterocycles. The van der Waals surface area contributed by atoms with E-state index in [1.165, 1.54) is 18.7 Å². The van der Waals surface area contributed by atoms with Crippen LogP contribution in [-0.2, 0) is 49.5 Å². The number of benzene rings is 1. The Morgan fingerprint density at radius 2 is 0.968 bits per heavy atom. The zero-order chi connectivity index (χ0) is 46.1. The molecule has 0 aliphatic carbocycles. The average Bonchev–Trinajstić information content (AvgIpc) is 3.26. The Morgan fingerprint density at radius 3 is 1.46 bits per heavy atom. The number of unbranched alkanes of at least 4 members (excludes halogenated alkanes) is 4. The van der Waals surface area contributed by atoms with Crippen molar-refractivity contribution in [2.75, 3.05) is 65.6 Å². The lowest BCUT2D eigenvalue weighted by atomic mass is 10.0. The summed E-state index contributed by atoms with van der Waals surface area (Å²) in [6.45, 7) is 3.43. The van der Waals surface area contributed by atoms with Crippen molar-refractivity contribution < 1.29 is 78.3 Å². The van der Waals surface area contributed by atoms with Crippen LogP contribution in [-0.4, -0.2) is 192 Å². The van der Waals surface area contributed by atoms with Gasteiger partial charge in [0, 0.05) is 39.1 Å². The van der Waals surface area contributed by atoms with Crippen molar-refractivity contribution in [1.29, 1.82) is 0 Å². The lowest BCUT2D eigenvalue weighted by molar-refractivity contribution is -0.292. The van der Waals surface area contributed by atoms with E-state index in [2.05, 4.69) is 26.6 Å². The lowest BCUT2D eigenvalue weighted by Crippen LogP contribution is -2.57. The largest absolute Gasteiger partial charge is 0.445 e. The molecular formula is C41H68N6O16. The minimum atomic E-state index is -1.50. The summed E-state index contributed by atoms with van der Waals surface area (Å²) in [6, 6.07) is 9.31. The van der Waals surface area contributed by atoms with E-state index in [1.807, 2.05) is 30.3 Å². The molecule has 0 unspecified atom stereocenters. The van der Waals surface area contributed by atoms with Crippen molar-refractivity contribution >= 4 is 29.7 Å². The van der Waals surface area contributed by atoms with Gasteiger partial charge in [-0.05, 0) is 51.5 Å². The van der Waals surface area contributed by atoms with Gasteiger partial charge in [0.05, 0.1) is 45.1 Å². The van der Waals surface area contributed by atoms with Gasteiger partial charge in [0.25, 0.3) is 0 Å². The molecule has 0 bridgehead atoms. The molecule has 358 valence electrons. The van der Waals surface area contributed by atoms with Gasteiger partial charge in [-0.1, -0.05) is 36.8 Å². The maximum absolute atomic E-state index is 12.9. The van der Waals surface area contributed by atoms with Crippen LogP contribution in [0.15, 0.2) is 30.3 Å². The van der Waals surface area contributed by atoms with Crippen LogP contribution in [0.1, 0.15) is 64.4 Å². The fraction of sp³-hybridized carbons (Fsp3) is 0.732. The summed E-state index contributed by atoms with van der Waals surface area (Å²) in [7, 11) is 0. The Labute approximate surface area is 367 Å². The molecule has 2 aliphatic heterocycles. The van der Waals surface area contributed by atoms with E-state index < -0.39 is 85.2 Å². The summed E-state index contributed by atoms with van der Waals surface area (Å²) in [4.78, 5) is 64.1. The molecule has 10 atom stereocenters. The van der Waals surface area contributed by atoms with Gasteiger partial charge in [-0.3, -0.25) is 24.1 Å². The van der Waals surface area contributed by atoms with Crippen molar-refractivity contribution in [3.05, 3.63) is 35.9 Å². The number of rotatable bonds is 28. The minimum absolute atomic E-state index is 0.0111. The molecule has 22 nitrogen and oxygen atoms in total. The number of amides is 5. The first-order chi connectivity index (χ1) is 30.2. The van der Waals surface area contributed by atoms with Gasteiger partial charge in [0.1, 0.15) is 43.2 Å². The molecule has 5 amide bonds. The molecule has 11 N–H and O–H groups in total. The maximum Gasteiger partial charge on any atom is 0.407 e. The normalized spacial score (nSPS) is 25.8. The van der Waals surface area contributed by atoms with E-state index in [0.717, 1.165) is 5.56 Å². The number of carbonyl (C=O) groups is 5. The number of hydrogen-bond acceptors (Lipinski definition) is 17. The number of nitrogens with one attached hydrogen (secondary N) is 5. The molecular weight excluding hydrogens is 832 g/mol. The topological polar surface area (TPSA) is 316 Å². The Morgan fingerprint density at radius 1 is 0.540 bits per heavy atom. The number of hydrogen-bond donors (Lipinski definition) is 11. The predicted octanol–water partition coefficient (Wildman–Crippen LogP) is -2.90. The molecule has 0 spiro atoms. The van der Waals surface area contributed by atoms with Crippen LogP contribution in [0.5, 0.6) is 0 Å². The average molecular weight is 901 g/mol. The van der Waals surface area contributed by atoms with Crippen molar-refractivity contribution in [3.8, 4) is 0 Å². The highest BCUT2D eigenvalue weighted by Crippen LogP contribution is 2.22. The quantitative estimate of drug-likeness (QED) is 0.0376. The van der Waals surface area contributed by atoms with Crippen LogP contribution in [0.3, 0.4) is 0 Å². The SMILES string of the molecule is C[C@@H]1O[C@@H](OCCNC(=O)CCCCCNC(=O)CN(CC(=O)NCCCCCNC(=O)OCc2ccccc2)CC(=O)NCCO[C@@H]2O[C@@H](C)[C@@H](O)[C@@H](O)[C@@H]2O)[C@@H](O)[C@H](O)[C@@H]1O. The smallest absolute Gasteiger partial charge is 0.407 e. The lowest BCUT2D eigenvalue weighted by Gasteiger charge is -2.38. The number of carbonyl (C=O) groups excluding carboxylic acids is 5. The summed E-state index contributed by atoms with van der Waals surface area (Å²) < 4.78 is 26.8. The zero-order valence-electron chi connectivity index (χ0n) is 36.1. The fourth-order valence-corrected chi connectivity index (χ4v) is 6.50. The van der Waals surface area contributed by atoms with E-state index >= 15 is 0 Å². The van der Waals surface area contributed by atoms with E-state index in [4.69, 9.17) is 23.7 Å². The summed E-state index contributed by atoms with van der Waals surface area (Å²) in [5.74, 6) is -1.57. The summed E-state index contributed by atoms with van der Waals surface area (Å²) in [6.07, 6.45) is -8.85. The van der Waals surface area contributed by atoms with Crippen molar-refractivity contribution in [2.24, 2.45) is 0 Å². The van der Waals surface area contributed by atoms with Crippen LogP contribution in [0.25, 0.3) is 0 Å². The number of ether oxygens (including phenoxy) is 5. The van der Waals surface area contributed by atoms with Crippen LogP contribution in [0, 0.1) is 0 Å². The first kappa shape index (κ1) is 53.3. The maximum atomic E-state index is 12.9. The van der Waals surface area contributed by atoms with Gasteiger partial charge in [0.15, 0.2) is 12.6 Å². The summed E-state index contributed by atoms with van der Waals surface area (Å²) in [5.41, 5.74) is 0.878. The Hall–Kier alpha value is -4.07. The predicted molar refractivity (Wildman–Crippen MR) is 222 cm³/mol. The molecule has 63 heavy (non-hydrogen) atoms. The van der Waals surface area contributed by atoms with Crippen molar-refractivity contribution in [1.82, 2.24) is 31.5 Å². The molecule has 0 saturated carbocycles. The van der Waals surface area contributed by atoms with Crippen LogP contribution in [0.2, 0.25) is 0 Å². The second-order valence-electron chi connectivity index (χ2n) is 15.5. The monoisotopic (exact) mass is 900 g/mol. The summed E-state index contributed by atoms with van der Waals surface area (Å²) in [5, 5.41) is 73.2. The summed E-state index contributed by atoms with van der Waals surface area (Å²) >= 11 is 0. The van der Waals surface area contributed by atoms with Gasteiger partial charge < -0.3 is 80.9 Å². The fourth-order valence-electron chi connectivity index (χ4n) is 6.50. The number of aliphatic hydroxyl groups excluding tert-OH is 6. The second kappa shape index (κ2) is 29.4. The van der Waals surface area contributed by atoms with Gasteiger partial charge >= 0.3 is 6.09 Å². The van der Waals surface area contributed by atoms with E-state index in [-0.39, 0.29) is 64.9 Å². The third-order valence-electron chi connectivity index (χ3n) is 10.2. The third-order valence-corrected chi connectivity index (χ3v) is 10.2. The first-order valence-electron chi connectivity index (χ1n) is 21.5. The minimum Gasteiger partial charge on any atom is -0.445 e. The Kier molecular flexibility index (Phi) is 24.8. The molecule has 3 rings (SSSR count). The molecule has 2 heterocycles. The van der Waals surface area contributed by atoms with Gasteiger partial charge in [-0.25, -0.2) is 4.79 Å². The van der Waals surface area contributed by atoms with E-state index in [1.54, 1.807) is 0 Å². The molecule has 1 aromatic carbocycles. The van der Waals surface area contributed by atoms with Crippen LogP contribution in [0.4, 0.5) is 4.79 Å². The second-order valence-corrected chi connectivity index (χ2v) is 15.5. The Balaban J connectivity index is 1.33. The van der Waals surface area contributed by atoms with Crippen LogP contribution < -0.4 is 26.6 Å². The highest BCUT2D eigenvalue weighted by atomic mass is 16.7. The molecule has 2 fully saturated rings. The van der Waals surface area contributed by atoms with Crippen molar-refractivity contribution in [3.63, 3.8) is 0 Å². The van der Waals surface area contributed by atoms with Gasteiger partial charge in [-0.2, -0.15) is 0 Å². The molecule has 2 aliphatic rings. The number of aliphatic hydroxyl groups is 6.